The fraction of sp³-hybridized carbons (Fsp3) is 0.417. The Morgan fingerprint density at radius 3 is 2.71 bits per heavy atom. The SMILES string of the molecule is CCc1cccc([C@@H](N)CC(=O)OC)c1O.Cl. The lowest BCUT2D eigenvalue weighted by atomic mass is 9.99. The minimum atomic E-state index is -0.529. The van der Waals surface area contributed by atoms with Crippen molar-refractivity contribution in [2.75, 3.05) is 7.11 Å². The molecule has 17 heavy (non-hydrogen) atoms. The van der Waals surface area contributed by atoms with Gasteiger partial charge in [0.1, 0.15) is 5.75 Å². The van der Waals surface area contributed by atoms with Crippen LogP contribution >= 0.6 is 12.4 Å². The van der Waals surface area contributed by atoms with Gasteiger partial charge >= 0.3 is 5.97 Å². The number of methoxy groups -OCH3 is 1. The number of hydrogen-bond acceptors (Lipinski definition) is 4. The number of para-hydroxylation sites is 1. The zero-order valence-corrected chi connectivity index (χ0v) is 10.8. The predicted octanol–water partition coefficient (Wildman–Crippen LogP) is 1.94. The van der Waals surface area contributed by atoms with Gasteiger partial charge in [-0.1, -0.05) is 25.1 Å². The molecular weight excluding hydrogens is 242 g/mol. The van der Waals surface area contributed by atoms with Gasteiger partial charge in [-0.05, 0) is 12.0 Å². The van der Waals surface area contributed by atoms with Crippen LogP contribution < -0.4 is 5.73 Å². The molecule has 1 atom stereocenters. The molecule has 5 heteroatoms. The Balaban J connectivity index is 0.00000256. The minimum absolute atomic E-state index is 0. The molecular formula is C12H18ClNO3. The number of halogens is 1. The van der Waals surface area contributed by atoms with Gasteiger partial charge in [-0.2, -0.15) is 0 Å². The number of carbonyl (C=O) groups excluding carboxylic acids is 1. The van der Waals surface area contributed by atoms with Crippen molar-refractivity contribution in [2.24, 2.45) is 5.73 Å². The number of benzene rings is 1. The lowest BCUT2D eigenvalue weighted by molar-refractivity contribution is -0.141. The molecule has 0 bridgehead atoms. The van der Waals surface area contributed by atoms with E-state index in [-0.39, 0.29) is 30.5 Å². The Kier molecular flexibility index (Phi) is 6.61. The smallest absolute Gasteiger partial charge is 0.307 e. The second-order valence-corrected chi connectivity index (χ2v) is 3.60. The van der Waals surface area contributed by atoms with E-state index in [1.807, 2.05) is 19.1 Å². The Morgan fingerprint density at radius 1 is 1.53 bits per heavy atom. The van der Waals surface area contributed by atoms with Crippen LogP contribution in [0.2, 0.25) is 0 Å². The molecule has 0 amide bonds. The monoisotopic (exact) mass is 259 g/mol. The third kappa shape index (κ3) is 3.91. The first-order valence-electron chi connectivity index (χ1n) is 5.23. The summed E-state index contributed by atoms with van der Waals surface area (Å²) in [6.07, 6.45) is 0.793. The molecule has 3 N–H and O–H groups in total. The number of ether oxygens (including phenoxy) is 1. The molecule has 0 aliphatic heterocycles. The zero-order valence-electron chi connectivity index (χ0n) is 9.97. The largest absolute Gasteiger partial charge is 0.507 e. The number of phenols is 1. The van der Waals surface area contributed by atoms with Gasteiger partial charge in [0.15, 0.2) is 0 Å². The Bertz CT molecular complexity index is 382. The summed E-state index contributed by atoms with van der Waals surface area (Å²) in [6, 6.07) is 4.86. The van der Waals surface area contributed by atoms with Crippen LogP contribution in [0.1, 0.15) is 30.5 Å². The number of aromatic hydroxyl groups is 1. The van der Waals surface area contributed by atoms with Crippen molar-refractivity contribution < 1.29 is 14.6 Å². The molecule has 1 aromatic rings. The number of nitrogens with two attached hydrogens (primary N) is 1. The van der Waals surface area contributed by atoms with Crippen molar-refractivity contribution in [3.63, 3.8) is 0 Å². The van der Waals surface area contributed by atoms with Crippen LogP contribution in [0, 0.1) is 0 Å². The van der Waals surface area contributed by atoms with Gasteiger partial charge in [0.25, 0.3) is 0 Å². The first-order valence-corrected chi connectivity index (χ1v) is 5.23. The van der Waals surface area contributed by atoms with Crippen molar-refractivity contribution >= 4 is 18.4 Å². The first kappa shape index (κ1) is 15.7. The van der Waals surface area contributed by atoms with E-state index in [0.29, 0.717) is 5.56 Å². The fourth-order valence-electron chi connectivity index (χ4n) is 1.57. The minimum Gasteiger partial charge on any atom is -0.507 e. The highest BCUT2D eigenvalue weighted by molar-refractivity contribution is 5.85. The van der Waals surface area contributed by atoms with Crippen LogP contribution in [0.5, 0.6) is 5.75 Å². The van der Waals surface area contributed by atoms with E-state index < -0.39 is 6.04 Å². The first-order chi connectivity index (χ1) is 7.60. The molecule has 1 aromatic carbocycles. The molecule has 0 radical (unpaired) electrons. The normalized spacial score (nSPS) is 11.5. The molecule has 0 aliphatic carbocycles. The van der Waals surface area contributed by atoms with E-state index in [1.165, 1.54) is 7.11 Å². The summed E-state index contributed by atoms with van der Waals surface area (Å²) >= 11 is 0. The standard InChI is InChI=1S/C12H17NO3.ClH/c1-3-8-5-4-6-9(12(8)15)10(13)7-11(14)16-2;/h4-6,10,15H,3,7,13H2,1-2H3;1H/t10-;/m0./s1. The van der Waals surface area contributed by atoms with Gasteiger partial charge in [0.2, 0.25) is 0 Å². The van der Waals surface area contributed by atoms with Crippen molar-refractivity contribution in [1.82, 2.24) is 0 Å². The molecule has 0 unspecified atom stereocenters. The number of phenolic OH excluding ortho intramolecular Hbond substituents is 1. The second kappa shape index (κ2) is 7.14. The summed E-state index contributed by atoms with van der Waals surface area (Å²) in [5.41, 5.74) is 7.25. The lowest BCUT2D eigenvalue weighted by Gasteiger charge is -2.14. The summed E-state index contributed by atoms with van der Waals surface area (Å²) in [5.74, 6) is -0.199. The average molecular weight is 260 g/mol. The summed E-state index contributed by atoms with van der Waals surface area (Å²) in [7, 11) is 1.32. The molecule has 0 saturated carbocycles. The van der Waals surface area contributed by atoms with Gasteiger partial charge < -0.3 is 15.6 Å². The van der Waals surface area contributed by atoms with Crippen molar-refractivity contribution in [2.45, 2.75) is 25.8 Å². The molecule has 0 spiro atoms. The van der Waals surface area contributed by atoms with Crippen LogP contribution in [0.3, 0.4) is 0 Å². The molecule has 1 rings (SSSR count). The van der Waals surface area contributed by atoms with Gasteiger partial charge in [0.05, 0.1) is 13.5 Å². The van der Waals surface area contributed by atoms with Crippen LogP contribution in [-0.4, -0.2) is 18.2 Å². The van der Waals surface area contributed by atoms with Gasteiger partial charge in [-0.3, -0.25) is 4.79 Å². The third-order valence-corrected chi connectivity index (χ3v) is 2.55. The highest BCUT2D eigenvalue weighted by atomic mass is 35.5. The number of carbonyl (C=O) groups is 1. The maximum Gasteiger partial charge on any atom is 0.307 e. The quantitative estimate of drug-likeness (QED) is 0.811. The number of esters is 1. The van der Waals surface area contributed by atoms with Gasteiger partial charge in [0, 0.05) is 11.6 Å². The summed E-state index contributed by atoms with van der Waals surface area (Å²) in [6.45, 7) is 1.95. The maximum absolute atomic E-state index is 11.1. The molecule has 0 saturated heterocycles. The number of hydrogen-bond donors (Lipinski definition) is 2. The lowest BCUT2D eigenvalue weighted by Crippen LogP contribution is -2.16. The van der Waals surface area contributed by atoms with Crippen LogP contribution in [-0.2, 0) is 16.0 Å². The number of rotatable bonds is 4. The summed E-state index contributed by atoms with van der Waals surface area (Å²) < 4.78 is 4.54. The molecule has 0 heterocycles. The highest BCUT2D eigenvalue weighted by Crippen LogP contribution is 2.28. The van der Waals surface area contributed by atoms with Crippen molar-refractivity contribution in [1.29, 1.82) is 0 Å². The van der Waals surface area contributed by atoms with Crippen LogP contribution in [0.15, 0.2) is 18.2 Å². The molecule has 0 aromatic heterocycles. The molecule has 96 valence electrons. The summed E-state index contributed by atoms with van der Waals surface area (Å²) in [4.78, 5) is 11.1. The van der Waals surface area contributed by atoms with Crippen molar-refractivity contribution in [3.05, 3.63) is 29.3 Å². The Labute approximate surface area is 107 Å². The maximum atomic E-state index is 11.1. The van der Waals surface area contributed by atoms with E-state index in [2.05, 4.69) is 4.74 Å². The van der Waals surface area contributed by atoms with Crippen LogP contribution in [0.25, 0.3) is 0 Å². The third-order valence-electron chi connectivity index (χ3n) is 2.55. The van der Waals surface area contributed by atoms with Crippen molar-refractivity contribution in [3.8, 4) is 5.75 Å². The highest BCUT2D eigenvalue weighted by Gasteiger charge is 2.16. The van der Waals surface area contributed by atoms with E-state index in [1.54, 1.807) is 6.07 Å². The van der Waals surface area contributed by atoms with E-state index >= 15 is 0 Å². The summed E-state index contributed by atoms with van der Waals surface area (Å²) in [5, 5.41) is 9.91. The molecule has 4 nitrogen and oxygen atoms in total. The van der Waals surface area contributed by atoms with Gasteiger partial charge in [-0.15, -0.1) is 12.4 Å². The van der Waals surface area contributed by atoms with E-state index in [4.69, 9.17) is 5.73 Å². The zero-order chi connectivity index (χ0) is 12.1. The number of aryl methyl sites for hydroxylation is 1. The fourth-order valence-corrected chi connectivity index (χ4v) is 1.57. The van der Waals surface area contributed by atoms with Gasteiger partial charge in [-0.25, -0.2) is 0 Å². The van der Waals surface area contributed by atoms with Crippen LogP contribution in [0.4, 0.5) is 0 Å². The second-order valence-electron chi connectivity index (χ2n) is 3.60. The van der Waals surface area contributed by atoms with E-state index in [0.717, 1.165) is 12.0 Å². The Hall–Kier alpha value is -1.26. The topological polar surface area (TPSA) is 72.6 Å². The molecule has 0 fully saturated rings. The predicted molar refractivity (Wildman–Crippen MR) is 68.3 cm³/mol. The average Bonchev–Trinajstić information content (AvgIpc) is 2.29. The van der Waals surface area contributed by atoms with E-state index in [9.17, 15) is 9.90 Å². The Morgan fingerprint density at radius 2 is 2.18 bits per heavy atom. The molecule has 0 aliphatic rings.